The summed E-state index contributed by atoms with van der Waals surface area (Å²) in [6.45, 7) is 9.72. The molecule has 0 saturated carbocycles. The molecule has 46 heavy (non-hydrogen) atoms. The molecule has 1 aliphatic carbocycles. The average molecular weight is 610 g/mol. The number of hydrogen-bond donors (Lipinski definition) is 0. The summed E-state index contributed by atoms with van der Waals surface area (Å²) in [5.41, 5.74) is 9.00. The number of thiophene rings is 1. The van der Waals surface area contributed by atoms with Gasteiger partial charge >= 0.3 is 0 Å². The quantitative estimate of drug-likeness (QED) is 0.180. The van der Waals surface area contributed by atoms with Crippen molar-refractivity contribution in [3.05, 3.63) is 151 Å². The van der Waals surface area contributed by atoms with Crippen molar-refractivity contribution in [3.8, 4) is 11.1 Å². The lowest BCUT2D eigenvalue weighted by Gasteiger charge is -2.49. The van der Waals surface area contributed by atoms with E-state index >= 15 is 0 Å². The molecule has 1 heterocycles. The van der Waals surface area contributed by atoms with E-state index in [0.29, 0.717) is 0 Å². The van der Waals surface area contributed by atoms with E-state index in [0.717, 1.165) is 11.4 Å². The largest absolute Gasteiger partial charge is 0.310 e. The van der Waals surface area contributed by atoms with Crippen LogP contribution in [0.25, 0.3) is 52.8 Å². The zero-order valence-electron chi connectivity index (χ0n) is 26.6. The molecule has 0 fully saturated rings. The highest BCUT2D eigenvalue weighted by atomic mass is 32.1. The summed E-state index contributed by atoms with van der Waals surface area (Å²) in [6, 6.07) is 51.8. The van der Waals surface area contributed by atoms with Crippen molar-refractivity contribution in [1.82, 2.24) is 0 Å². The van der Waals surface area contributed by atoms with Crippen LogP contribution >= 0.6 is 11.3 Å². The van der Waals surface area contributed by atoms with E-state index in [1.165, 1.54) is 69.7 Å². The molecule has 0 radical (unpaired) electrons. The van der Waals surface area contributed by atoms with Gasteiger partial charge in [-0.2, -0.15) is 0 Å². The summed E-state index contributed by atoms with van der Waals surface area (Å²) < 4.78 is 2.65. The normalized spacial score (nSPS) is 14.9. The molecule has 0 N–H and O–H groups in total. The van der Waals surface area contributed by atoms with Crippen LogP contribution in [0.3, 0.4) is 0 Å². The van der Waals surface area contributed by atoms with Gasteiger partial charge in [-0.15, -0.1) is 11.3 Å². The van der Waals surface area contributed by atoms with Crippen molar-refractivity contribution in [2.75, 3.05) is 4.90 Å². The van der Waals surface area contributed by atoms with Crippen molar-refractivity contribution >= 4 is 70.1 Å². The van der Waals surface area contributed by atoms with E-state index in [4.69, 9.17) is 0 Å². The Bertz CT molecular complexity index is 2480. The Morgan fingerprint density at radius 2 is 1.13 bits per heavy atom. The van der Waals surface area contributed by atoms with Gasteiger partial charge in [0.25, 0.3) is 0 Å². The highest BCUT2D eigenvalue weighted by molar-refractivity contribution is 7.25. The number of nitrogens with zero attached hydrogens (tertiary/aromatic N) is 1. The summed E-state index contributed by atoms with van der Waals surface area (Å²) in [6.07, 6.45) is 0. The highest BCUT2D eigenvalue weighted by Gasteiger charge is 2.46. The molecule has 0 bridgehead atoms. The summed E-state index contributed by atoms with van der Waals surface area (Å²) in [4.78, 5) is 2.40. The second kappa shape index (κ2) is 9.79. The molecule has 1 aliphatic rings. The summed E-state index contributed by atoms with van der Waals surface area (Å²) >= 11 is 1.86. The lowest BCUT2D eigenvalue weighted by Crippen LogP contribution is -2.43. The summed E-state index contributed by atoms with van der Waals surface area (Å²) in [5.74, 6) is 0. The molecule has 0 saturated heterocycles. The Hall–Kier alpha value is -4.92. The fourth-order valence-electron chi connectivity index (χ4n) is 7.95. The third-order valence-electron chi connectivity index (χ3n) is 11.0. The fraction of sp³-hybridized carbons (Fsp3) is 0.136. The maximum atomic E-state index is 2.44. The predicted molar refractivity (Wildman–Crippen MR) is 201 cm³/mol. The molecule has 0 spiro atoms. The maximum Gasteiger partial charge on any atom is 0.0468 e. The Labute approximate surface area is 274 Å². The van der Waals surface area contributed by atoms with Crippen LogP contribution in [-0.4, -0.2) is 0 Å². The van der Waals surface area contributed by atoms with Crippen molar-refractivity contribution in [2.24, 2.45) is 0 Å². The topological polar surface area (TPSA) is 3.24 Å². The van der Waals surface area contributed by atoms with Crippen molar-refractivity contribution in [3.63, 3.8) is 0 Å². The first-order chi connectivity index (χ1) is 22.3. The van der Waals surface area contributed by atoms with E-state index in [1.54, 1.807) is 0 Å². The molecule has 222 valence electrons. The molecule has 9 rings (SSSR count). The van der Waals surface area contributed by atoms with Gasteiger partial charge in [0.05, 0.1) is 0 Å². The minimum atomic E-state index is -0.0715. The number of benzene rings is 7. The number of hydrogen-bond acceptors (Lipinski definition) is 2. The molecular formula is C44H35NS. The van der Waals surface area contributed by atoms with E-state index < -0.39 is 0 Å². The van der Waals surface area contributed by atoms with Crippen LogP contribution in [-0.2, 0) is 10.8 Å². The Balaban J connectivity index is 1.28. The second-order valence-corrected chi connectivity index (χ2v) is 14.9. The average Bonchev–Trinajstić information content (AvgIpc) is 3.45. The fourth-order valence-corrected chi connectivity index (χ4v) is 9.03. The first-order valence-electron chi connectivity index (χ1n) is 16.2. The third-order valence-corrected chi connectivity index (χ3v) is 12.1. The minimum absolute atomic E-state index is 0.0262. The van der Waals surface area contributed by atoms with Gasteiger partial charge in [-0.1, -0.05) is 119 Å². The molecule has 1 aromatic heterocycles. The lowest BCUT2D eigenvalue weighted by atomic mass is 9.54. The van der Waals surface area contributed by atoms with E-state index in [-0.39, 0.29) is 10.8 Å². The second-order valence-electron chi connectivity index (χ2n) is 13.8. The lowest BCUT2D eigenvalue weighted by molar-refractivity contribution is 0.301. The van der Waals surface area contributed by atoms with Gasteiger partial charge < -0.3 is 4.90 Å². The van der Waals surface area contributed by atoms with Gasteiger partial charge in [-0.05, 0) is 97.7 Å². The zero-order valence-corrected chi connectivity index (χ0v) is 27.5. The van der Waals surface area contributed by atoms with Gasteiger partial charge in [0.1, 0.15) is 0 Å². The first kappa shape index (κ1) is 27.4. The number of rotatable bonds is 3. The van der Waals surface area contributed by atoms with Crippen LogP contribution in [0.4, 0.5) is 17.1 Å². The van der Waals surface area contributed by atoms with Crippen LogP contribution in [0.5, 0.6) is 0 Å². The first-order valence-corrected chi connectivity index (χ1v) is 17.0. The molecule has 0 unspecified atom stereocenters. The van der Waals surface area contributed by atoms with Gasteiger partial charge in [-0.3, -0.25) is 0 Å². The predicted octanol–water partition coefficient (Wildman–Crippen LogP) is 13.1. The molecule has 0 aliphatic heterocycles. The summed E-state index contributed by atoms with van der Waals surface area (Å²) in [5, 5.41) is 7.88. The molecule has 7 aromatic carbocycles. The SMILES string of the molecule is CC1(C)c2ccccc2-c2ccc3ccc4cc(N(c5ccccc5)c5ccc6sc7ccccc7c6c5)ccc4c3c2C1(C)C. The Morgan fingerprint density at radius 1 is 0.457 bits per heavy atom. The highest BCUT2D eigenvalue weighted by Crippen LogP contribution is 2.56. The molecule has 1 nitrogen and oxygen atoms in total. The van der Waals surface area contributed by atoms with Crippen LogP contribution < -0.4 is 4.90 Å². The van der Waals surface area contributed by atoms with Crippen LogP contribution in [0.2, 0.25) is 0 Å². The standard InChI is InChI=1S/C44H35NS/c1-43(2)38-16-10-8-14-34(38)36-23-20-28-18-19-29-26-31(21-24-33(29)41(28)42(36)44(43,3)4)45(30-12-6-5-7-13-30)32-22-25-40-37(27-32)35-15-9-11-17-39(35)46-40/h5-27H,1-4H3. The zero-order chi connectivity index (χ0) is 31.2. The van der Waals surface area contributed by atoms with Gasteiger partial charge in [0.2, 0.25) is 0 Å². The minimum Gasteiger partial charge on any atom is -0.310 e. The third kappa shape index (κ3) is 3.80. The van der Waals surface area contributed by atoms with Crippen molar-refractivity contribution < 1.29 is 0 Å². The molecule has 0 amide bonds. The molecule has 0 atom stereocenters. The Kier molecular flexibility index (Phi) is 5.83. The van der Waals surface area contributed by atoms with E-state index in [9.17, 15) is 0 Å². The van der Waals surface area contributed by atoms with Crippen LogP contribution in [0.15, 0.2) is 140 Å². The Morgan fingerprint density at radius 3 is 2.00 bits per heavy atom. The van der Waals surface area contributed by atoms with E-state index in [2.05, 4.69) is 172 Å². The van der Waals surface area contributed by atoms with Crippen LogP contribution in [0.1, 0.15) is 38.8 Å². The smallest absolute Gasteiger partial charge is 0.0468 e. The molecule has 8 aromatic rings. The molecule has 2 heteroatoms. The van der Waals surface area contributed by atoms with Gasteiger partial charge in [-0.25, -0.2) is 0 Å². The monoisotopic (exact) mass is 609 g/mol. The van der Waals surface area contributed by atoms with Crippen molar-refractivity contribution in [2.45, 2.75) is 38.5 Å². The van der Waals surface area contributed by atoms with Gasteiger partial charge in [0, 0.05) is 42.6 Å². The number of para-hydroxylation sites is 1. The van der Waals surface area contributed by atoms with Crippen molar-refractivity contribution in [1.29, 1.82) is 0 Å². The van der Waals surface area contributed by atoms with E-state index in [1.807, 2.05) is 11.3 Å². The summed E-state index contributed by atoms with van der Waals surface area (Å²) in [7, 11) is 0. The van der Waals surface area contributed by atoms with Crippen LogP contribution in [0, 0.1) is 0 Å². The van der Waals surface area contributed by atoms with Gasteiger partial charge in [0.15, 0.2) is 0 Å². The number of anilines is 3. The molecular weight excluding hydrogens is 575 g/mol. The number of fused-ring (bicyclic) bond motifs is 10. The maximum absolute atomic E-state index is 2.44.